The molecular weight excluding hydrogens is 216 g/mol. The lowest BCUT2D eigenvalue weighted by Gasteiger charge is -1.93. The summed E-state index contributed by atoms with van der Waals surface area (Å²) in [4.78, 5) is 10.1. The molecule has 0 spiro atoms. The van der Waals surface area contributed by atoms with Crippen molar-refractivity contribution in [2.75, 3.05) is 5.73 Å². The Balaban J connectivity index is 2.38. The molecule has 17 heavy (non-hydrogen) atoms. The molecule has 0 aliphatic carbocycles. The predicted octanol–water partition coefficient (Wildman–Crippen LogP) is 3.24. The minimum Gasteiger partial charge on any atom is -0.384 e. The van der Waals surface area contributed by atoms with Crippen molar-refractivity contribution in [1.82, 2.24) is 9.97 Å². The maximum absolute atomic E-state index is 8.39. The zero-order valence-electron chi connectivity index (χ0n) is 8.75. The van der Waals surface area contributed by atoms with Gasteiger partial charge in [-0.3, -0.25) is 0 Å². The van der Waals surface area contributed by atoms with Crippen molar-refractivity contribution in [3.8, 4) is 0 Å². The highest BCUT2D eigenvalue weighted by atomic mass is 15.1. The zero-order valence-corrected chi connectivity index (χ0v) is 8.75. The van der Waals surface area contributed by atoms with E-state index >= 15 is 0 Å². The summed E-state index contributed by atoms with van der Waals surface area (Å²) >= 11 is 0. The van der Waals surface area contributed by atoms with Crippen molar-refractivity contribution < 1.29 is 0 Å². The lowest BCUT2D eigenvalue weighted by molar-refractivity contribution is 1.35. The molecule has 3 aromatic rings. The zero-order chi connectivity index (χ0) is 11.8. The Morgan fingerprint density at radius 2 is 2.06 bits per heavy atom. The van der Waals surface area contributed by atoms with Crippen LogP contribution in [0.4, 0.5) is 11.5 Å². The second kappa shape index (κ2) is 3.40. The topological polar surface area (TPSA) is 103 Å². The molecule has 0 fully saturated rings. The van der Waals surface area contributed by atoms with Crippen molar-refractivity contribution in [3.05, 3.63) is 40.8 Å². The number of anilines is 1. The van der Waals surface area contributed by atoms with Crippen molar-refractivity contribution in [3.63, 3.8) is 0 Å². The van der Waals surface area contributed by atoms with Crippen LogP contribution in [-0.2, 0) is 0 Å². The van der Waals surface area contributed by atoms with E-state index in [-0.39, 0.29) is 0 Å². The van der Waals surface area contributed by atoms with E-state index in [1.54, 1.807) is 18.2 Å². The Bertz CT molecular complexity index is 766. The Morgan fingerprint density at radius 3 is 2.88 bits per heavy atom. The van der Waals surface area contributed by atoms with Gasteiger partial charge in [0.15, 0.2) is 0 Å². The number of fused-ring (bicyclic) bond motifs is 3. The van der Waals surface area contributed by atoms with Gasteiger partial charge in [0.1, 0.15) is 11.5 Å². The summed E-state index contributed by atoms with van der Waals surface area (Å²) < 4.78 is 0. The summed E-state index contributed by atoms with van der Waals surface area (Å²) in [6.45, 7) is 0. The monoisotopic (exact) mass is 224 g/mol. The molecule has 6 nitrogen and oxygen atoms in total. The van der Waals surface area contributed by atoms with E-state index in [1.807, 2.05) is 12.1 Å². The minimum absolute atomic E-state index is 0.472. The highest BCUT2D eigenvalue weighted by Crippen LogP contribution is 2.28. The van der Waals surface area contributed by atoms with Crippen LogP contribution < -0.4 is 5.73 Å². The molecule has 0 saturated heterocycles. The molecule has 0 unspecified atom stereocenters. The molecule has 3 rings (SSSR count). The van der Waals surface area contributed by atoms with Gasteiger partial charge in [0, 0.05) is 26.9 Å². The molecule has 0 saturated carbocycles. The number of nitrogens with zero attached hydrogens (tertiary/aromatic N) is 4. The van der Waals surface area contributed by atoms with E-state index < -0.39 is 0 Å². The standard InChI is InChI=1S/C11H8N6/c12-10-4-3-8-7-2-1-6(16-17-13)5-9(7)14-11(8)15-10/h1-5H,(H3,12,14,15). The Kier molecular flexibility index (Phi) is 1.90. The van der Waals surface area contributed by atoms with E-state index in [1.165, 1.54) is 0 Å². The van der Waals surface area contributed by atoms with Gasteiger partial charge in [-0.1, -0.05) is 17.2 Å². The number of azide groups is 1. The largest absolute Gasteiger partial charge is 0.384 e. The first-order valence-corrected chi connectivity index (χ1v) is 5.01. The summed E-state index contributed by atoms with van der Waals surface area (Å²) in [6, 6.07) is 9.13. The Morgan fingerprint density at radius 1 is 1.24 bits per heavy atom. The molecular formula is C11H8N6. The first kappa shape index (κ1) is 9.50. The number of pyridine rings is 1. The third-order valence-electron chi connectivity index (χ3n) is 2.62. The summed E-state index contributed by atoms with van der Waals surface area (Å²) in [5, 5.41) is 5.59. The maximum atomic E-state index is 8.39. The van der Waals surface area contributed by atoms with Crippen LogP contribution in [0.1, 0.15) is 0 Å². The van der Waals surface area contributed by atoms with Crippen molar-refractivity contribution >= 4 is 33.4 Å². The van der Waals surface area contributed by atoms with Crippen LogP contribution in [0.5, 0.6) is 0 Å². The van der Waals surface area contributed by atoms with Gasteiger partial charge in [-0.25, -0.2) is 4.98 Å². The van der Waals surface area contributed by atoms with Crippen LogP contribution in [0, 0.1) is 0 Å². The number of hydrogen-bond acceptors (Lipinski definition) is 3. The van der Waals surface area contributed by atoms with E-state index in [0.717, 1.165) is 21.9 Å². The van der Waals surface area contributed by atoms with Gasteiger partial charge < -0.3 is 10.7 Å². The lowest BCUT2D eigenvalue weighted by atomic mass is 10.2. The van der Waals surface area contributed by atoms with Gasteiger partial charge in [-0.2, -0.15) is 0 Å². The van der Waals surface area contributed by atoms with Gasteiger partial charge in [-0.05, 0) is 23.7 Å². The number of benzene rings is 1. The molecule has 2 heterocycles. The Hall–Kier alpha value is -2.72. The molecule has 2 aromatic heterocycles. The predicted molar refractivity (Wildman–Crippen MR) is 66.8 cm³/mol. The lowest BCUT2D eigenvalue weighted by Crippen LogP contribution is -1.88. The highest BCUT2D eigenvalue weighted by Gasteiger charge is 2.05. The first-order valence-electron chi connectivity index (χ1n) is 5.01. The molecule has 0 radical (unpaired) electrons. The number of hydrogen-bond donors (Lipinski definition) is 2. The van der Waals surface area contributed by atoms with Crippen LogP contribution >= 0.6 is 0 Å². The third kappa shape index (κ3) is 1.44. The van der Waals surface area contributed by atoms with Crippen LogP contribution in [0.3, 0.4) is 0 Å². The number of aromatic amines is 1. The smallest absolute Gasteiger partial charge is 0.140 e. The van der Waals surface area contributed by atoms with E-state index in [9.17, 15) is 0 Å². The normalized spacial score (nSPS) is 10.6. The molecule has 0 aliphatic heterocycles. The fourth-order valence-electron chi connectivity index (χ4n) is 1.90. The number of H-pyrrole nitrogens is 1. The summed E-state index contributed by atoms with van der Waals surface area (Å²) in [6.07, 6.45) is 0. The molecule has 0 amide bonds. The van der Waals surface area contributed by atoms with Gasteiger partial charge in [0.05, 0.1) is 0 Å². The van der Waals surface area contributed by atoms with Crippen molar-refractivity contribution in [1.29, 1.82) is 0 Å². The second-order valence-corrected chi connectivity index (χ2v) is 3.68. The quantitative estimate of drug-likeness (QED) is 0.376. The van der Waals surface area contributed by atoms with Gasteiger partial charge in [0.2, 0.25) is 0 Å². The summed E-state index contributed by atoms with van der Waals surface area (Å²) in [5.74, 6) is 0.472. The van der Waals surface area contributed by atoms with Crippen LogP contribution in [0.15, 0.2) is 35.4 Å². The minimum atomic E-state index is 0.472. The molecule has 0 bridgehead atoms. The molecule has 0 atom stereocenters. The van der Waals surface area contributed by atoms with Gasteiger partial charge in [0.25, 0.3) is 0 Å². The first-order chi connectivity index (χ1) is 8.28. The molecule has 0 aliphatic rings. The van der Waals surface area contributed by atoms with Crippen molar-refractivity contribution in [2.24, 2.45) is 5.11 Å². The average Bonchev–Trinajstić information content (AvgIpc) is 2.65. The number of nitrogen functional groups attached to an aromatic ring is 1. The maximum Gasteiger partial charge on any atom is 0.140 e. The number of rotatable bonds is 1. The van der Waals surface area contributed by atoms with Crippen LogP contribution in [0.2, 0.25) is 0 Å². The van der Waals surface area contributed by atoms with E-state index in [0.29, 0.717) is 11.5 Å². The number of aromatic nitrogens is 2. The van der Waals surface area contributed by atoms with Gasteiger partial charge >= 0.3 is 0 Å². The SMILES string of the molecule is [N-]=[N+]=Nc1ccc2c(c1)[nH]c1nc(N)ccc12. The Labute approximate surface area is 95.7 Å². The van der Waals surface area contributed by atoms with Gasteiger partial charge in [-0.15, -0.1) is 0 Å². The molecule has 3 N–H and O–H groups in total. The number of nitrogens with two attached hydrogens (primary N) is 1. The highest BCUT2D eigenvalue weighted by molar-refractivity contribution is 6.06. The van der Waals surface area contributed by atoms with E-state index in [2.05, 4.69) is 20.0 Å². The number of nitrogens with one attached hydrogen (secondary N) is 1. The fraction of sp³-hybridized carbons (Fsp3) is 0. The van der Waals surface area contributed by atoms with Crippen molar-refractivity contribution in [2.45, 2.75) is 0 Å². The molecule has 1 aromatic carbocycles. The van der Waals surface area contributed by atoms with Crippen LogP contribution in [0.25, 0.3) is 32.4 Å². The molecule has 6 heteroatoms. The summed E-state index contributed by atoms with van der Waals surface area (Å²) in [5.41, 5.74) is 16.2. The molecule has 82 valence electrons. The van der Waals surface area contributed by atoms with E-state index in [4.69, 9.17) is 11.3 Å². The second-order valence-electron chi connectivity index (χ2n) is 3.68. The average molecular weight is 224 g/mol. The summed E-state index contributed by atoms with van der Waals surface area (Å²) in [7, 11) is 0. The third-order valence-corrected chi connectivity index (χ3v) is 2.62. The fourth-order valence-corrected chi connectivity index (χ4v) is 1.90. The van der Waals surface area contributed by atoms with Crippen LogP contribution in [-0.4, -0.2) is 9.97 Å².